The van der Waals surface area contributed by atoms with Crippen LogP contribution in [0, 0.1) is 0 Å². The SMILES string of the molecule is C.CCCc1ccc(CC(=O)O)c(OCc2cc(-c3cccc(CN)c3)c3occc3c2)c1.CCCc1ccc(CC(=O)OCC)c(OCc2cc(-c3cccc(CN)c3)c3occc3c2)c1.CCCc1ccc(CC(=O)OCC)c(OCc2cc(Br)c3occc3c2)c1.Cl.NCc1cccc(B(O)O)c1.[Li+].[OH-]. The predicted molar refractivity (Wildman–Crippen MR) is 429 cm³/mol. The average molecular weight is 1550 g/mol. The molecule has 12 aromatic rings. The van der Waals surface area contributed by atoms with Gasteiger partial charge in [-0.25, -0.2) is 0 Å². The molecular weight excluding hydrogens is 1450 g/mol. The molecule has 0 radical (unpaired) electrons. The van der Waals surface area contributed by atoms with Gasteiger partial charge in [-0.1, -0.05) is 145 Å². The van der Waals surface area contributed by atoms with E-state index in [9.17, 15) is 19.5 Å². The number of aryl methyl sites for hydroxylation is 3. The van der Waals surface area contributed by atoms with Gasteiger partial charge in [0.15, 0.2) is 0 Å². The van der Waals surface area contributed by atoms with Gasteiger partial charge in [0.25, 0.3) is 0 Å². The Morgan fingerprint density at radius 3 is 1.17 bits per heavy atom. The number of nitrogens with two attached hydrogens (primary N) is 3. The number of rotatable bonds is 29. The summed E-state index contributed by atoms with van der Waals surface area (Å²) in [7, 11) is -1.40. The second-order valence-electron chi connectivity index (χ2n) is 25.0. The minimum atomic E-state index is -1.40. The molecule has 0 amide bonds. The fourth-order valence-corrected chi connectivity index (χ4v) is 12.6. The quantitative estimate of drug-likeness (QED) is 0.0187. The number of carbonyl (C=O) groups excluding carboxylic acids is 2. The van der Waals surface area contributed by atoms with Crippen LogP contribution in [0.25, 0.3) is 55.2 Å². The number of hydrogen-bond donors (Lipinski definition) is 6. The third-order valence-corrected chi connectivity index (χ3v) is 17.6. The van der Waals surface area contributed by atoms with Crippen molar-refractivity contribution in [1.82, 2.24) is 0 Å². The number of hydrogen-bond acceptors (Lipinski definition) is 17. The maximum absolute atomic E-state index is 12.1. The van der Waals surface area contributed by atoms with Gasteiger partial charge in [-0.3, -0.25) is 14.4 Å². The molecule has 3 heterocycles. The van der Waals surface area contributed by atoms with E-state index < -0.39 is 13.1 Å². The number of benzene rings is 9. The van der Waals surface area contributed by atoms with E-state index in [4.69, 9.17) is 64.2 Å². The molecule has 0 bridgehead atoms. The third-order valence-electron chi connectivity index (χ3n) is 17.0. The van der Waals surface area contributed by atoms with Gasteiger partial charge in [-0.2, -0.15) is 0 Å². The van der Waals surface area contributed by atoms with Crippen molar-refractivity contribution in [3.05, 3.63) is 272 Å². The minimum absolute atomic E-state index is 0. The molecule has 0 fully saturated rings. The molecule has 18 nitrogen and oxygen atoms in total. The molecule has 10 N–H and O–H groups in total. The van der Waals surface area contributed by atoms with E-state index in [0.717, 1.165) is 160 Å². The molecule has 3 aromatic heterocycles. The summed E-state index contributed by atoms with van der Waals surface area (Å²) in [6.07, 6.45) is 11.4. The van der Waals surface area contributed by atoms with Crippen LogP contribution in [0.5, 0.6) is 17.2 Å². The zero-order valence-corrected chi connectivity index (χ0v) is 63.9. The summed E-state index contributed by atoms with van der Waals surface area (Å²) < 4.78 is 46.7. The Morgan fingerprint density at radius 2 is 0.796 bits per heavy atom. The van der Waals surface area contributed by atoms with E-state index in [1.165, 1.54) is 11.1 Å². The van der Waals surface area contributed by atoms with Crippen LogP contribution >= 0.6 is 28.3 Å². The van der Waals surface area contributed by atoms with Crippen molar-refractivity contribution in [3.63, 3.8) is 0 Å². The molecule has 0 saturated carbocycles. The first-order valence-electron chi connectivity index (χ1n) is 35.2. The molecule has 22 heteroatoms. The Balaban J connectivity index is 0.000000267. The summed E-state index contributed by atoms with van der Waals surface area (Å²) in [4.78, 5) is 35.3. The van der Waals surface area contributed by atoms with Gasteiger partial charge in [-0.05, 0) is 201 Å². The zero-order chi connectivity index (χ0) is 73.9. The first kappa shape index (κ1) is 89.2. The van der Waals surface area contributed by atoms with E-state index in [2.05, 4.69) is 85.2 Å². The molecule has 0 aliphatic rings. The van der Waals surface area contributed by atoms with Gasteiger partial charge in [0, 0.05) is 63.6 Å². The Kier molecular flexibility index (Phi) is 37.5. The standard InChI is InChI=1S/C29H31NO4.C27H27NO4.C22H23BrO4.C7H10BNO2.CH4.ClH.Li.H2O/c1-3-6-20-9-10-24(17-28(31)32-4-2)27(16-20)34-19-22-14-25-11-12-33-29(25)26(15-22)23-8-5-7-21(13-23)18-30;1-2-4-18-7-8-22(15-26(29)30)25(14-18)32-17-20-12-23-9-10-31-27(23)24(13-20)21-6-3-5-19(11-21)16-28;1-3-5-15-6-7-17(13-21(24)25-4-2)20(12-15)27-14-16-10-18-8-9-26-22(18)19(23)11-16;9-5-6-2-1-3-7(4-6)8(10)11;;;;/h5,7-16H,3-4,6,17-19,30H2,1-2H3;3,5-14H,2,4,15-17,28H2,1H3,(H,29,30);6-12H,3-5,13-14H2,1-2H3;1-4,10-11H,5,9H2;1H4;1H;;1H2/q;;;;;;+1;/p-1. The van der Waals surface area contributed by atoms with E-state index in [1.807, 2.05) is 129 Å². The normalized spacial score (nSPS) is 10.5. The summed E-state index contributed by atoms with van der Waals surface area (Å²) in [6, 6.07) is 59.3. The van der Waals surface area contributed by atoms with E-state index in [0.29, 0.717) is 69.4 Å². The van der Waals surface area contributed by atoms with Crippen LogP contribution in [0.3, 0.4) is 0 Å². The molecule has 0 aliphatic carbocycles. The van der Waals surface area contributed by atoms with Gasteiger partial charge in [0.05, 0.1) is 55.7 Å². The number of carboxylic acid groups (broad SMARTS) is 1. The number of aliphatic carboxylic acids is 1. The average Bonchev–Trinajstić information content (AvgIpc) is 1.67. The molecule has 0 saturated heterocycles. The van der Waals surface area contributed by atoms with Crippen LogP contribution < -0.4 is 55.7 Å². The van der Waals surface area contributed by atoms with Gasteiger partial charge < -0.3 is 74.8 Å². The molecule has 0 spiro atoms. The van der Waals surface area contributed by atoms with Crippen molar-refractivity contribution in [1.29, 1.82) is 0 Å². The first-order chi connectivity index (χ1) is 50.5. The fraction of sp³-hybridized carbons (Fsp3) is 0.267. The number of carbonyl (C=O) groups is 3. The van der Waals surface area contributed by atoms with Crippen LogP contribution in [-0.2, 0) is 102 Å². The van der Waals surface area contributed by atoms with Crippen molar-refractivity contribution in [3.8, 4) is 39.5 Å². The van der Waals surface area contributed by atoms with Crippen molar-refractivity contribution in [2.75, 3.05) is 13.2 Å². The number of carboxylic acids is 1. The summed E-state index contributed by atoms with van der Waals surface area (Å²) in [6.45, 7) is 13.2. The third kappa shape index (κ3) is 25.6. The van der Waals surface area contributed by atoms with Crippen LogP contribution in [0.1, 0.15) is 128 Å². The molecule has 0 unspecified atom stereocenters. The smallest absolute Gasteiger partial charge is 0.870 e. The van der Waals surface area contributed by atoms with Crippen LogP contribution in [-0.4, -0.2) is 58.9 Å². The summed E-state index contributed by atoms with van der Waals surface area (Å²) in [5.74, 6) is 0.707. The van der Waals surface area contributed by atoms with Gasteiger partial charge in [0.1, 0.15) is 53.8 Å². The molecule has 0 aliphatic heterocycles. The Hall–Kier alpha value is -9.40. The van der Waals surface area contributed by atoms with Crippen molar-refractivity contribution in [2.24, 2.45) is 17.2 Å². The second-order valence-corrected chi connectivity index (χ2v) is 25.8. The Morgan fingerprint density at radius 1 is 0.435 bits per heavy atom. The summed E-state index contributed by atoms with van der Waals surface area (Å²) >= 11 is 3.54. The maximum atomic E-state index is 12.1. The number of esters is 2. The van der Waals surface area contributed by atoms with E-state index in [1.54, 1.807) is 37.0 Å². The first-order valence-corrected chi connectivity index (χ1v) is 36.0. The number of ether oxygens (including phenoxy) is 5. The largest absolute Gasteiger partial charge is 1.00 e. The predicted octanol–water partition coefficient (Wildman–Crippen LogP) is 14.5. The molecule has 564 valence electrons. The molecule has 0 atom stereocenters. The zero-order valence-electron chi connectivity index (χ0n) is 61.4. The number of fused-ring (bicyclic) bond motifs is 3. The minimum Gasteiger partial charge on any atom is -0.870 e. The fourth-order valence-electron chi connectivity index (χ4n) is 12.0. The second kappa shape index (κ2) is 45.4. The molecule has 12 rings (SSSR count). The summed E-state index contributed by atoms with van der Waals surface area (Å²) in [5.41, 5.74) is 36.0. The van der Waals surface area contributed by atoms with E-state index in [-0.39, 0.29) is 75.4 Å². The Labute approximate surface area is 659 Å². The monoisotopic (exact) mass is 1540 g/mol. The topological polar surface area (TPSA) is 306 Å². The van der Waals surface area contributed by atoms with Crippen LogP contribution in [0.2, 0.25) is 0 Å². The molecule has 108 heavy (non-hydrogen) atoms. The van der Waals surface area contributed by atoms with Crippen LogP contribution in [0.15, 0.2) is 219 Å². The number of halogens is 2. The summed E-state index contributed by atoms with van der Waals surface area (Å²) in [5, 5.41) is 29.8. The van der Waals surface area contributed by atoms with Crippen molar-refractivity contribution < 1.29 is 90.8 Å². The van der Waals surface area contributed by atoms with Crippen LogP contribution in [0.4, 0.5) is 0 Å². The number of furan rings is 3. The maximum Gasteiger partial charge on any atom is 1.00 e. The molecule has 9 aromatic carbocycles. The molecular formula is C86H97BBrClLiN3O15. The Bertz CT molecular complexity index is 4830. The van der Waals surface area contributed by atoms with Gasteiger partial charge in [0.2, 0.25) is 0 Å². The van der Waals surface area contributed by atoms with Crippen molar-refractivity contribution >= 4 is 91.7 Å². The van der Waals surface area contributed by atoms with E-state index >= 15 is 0 Å². The van der Waals surface area contributed by atoms with Crippen molar-refractivity contribution in [2.45, 2.75) is 139 Å². The van der Waals surface area contributed by atoms with Gasteiger partial charge >= 0.3 is 43.9 Å². The van der Waals surface area contributed by atoms with Gasteiger partial charge in [-0.15, -0.1) is 12.4 Å².